The Bertz CT molecular complexity index is 217. The summed E-state index contributed by atoms with van der Waals surface area (Å²) in [6, 6.07) is 0. The van der Waals surface area contributed by atoms with Gasteiger partial charge in [0.1, 0.15) is 0 Å². The van der Waals surface area contributed by atoms with Crippen molar-refractivity contribution in [3.63, 3.8) is 0 Å². The van der Waals surface area contributed by atoms with Gasteiger partial charge in [-0.05, 0) is 76.2 Å². The van der Waals surface area contributed by atoms with E-state index in [4.69, 9.17) is 0 Å². The Labute approximate surface area is 101 Å². The van der Waals surface area contributed by atoms with Crippen LogP contribution in [0.15, 0.2) is 0 Å². The number of nitrogens with one attached hydrogen (secondary N) is 1. The molecule has 94 valence electrons. The van der Waals surface area contributed by atoms with Crippen molar-refractivity contribution in [1.29, 1.82) is 0 Å². The quantitative estimate of drug-likeness (QED) is 0.774. The summed E-state index contributed by atoms with van der Waals surface area (Å²) in [5, 5.41) is 3.61. The van der Waals surface area contributed by atoms with Crippen molar-refractivity contribution in [2.45, 2.75) is 39.5 Å². The smallest absolute Gasteiger partial charge is 0.00151 e. The molecule has 1 spiro atoms. The predicted molar refractivity (Wildman–Crippen MR) is 69.6 cm³/mol. The van der Waals surface area contributed by atoms with Gasteiger partial charge in [0.15, 0.2) is 0 Å². The lowest BCUT2D eigenvalue weighted by atomic mass is 9.63. The van der Waals surface area contributed by atoms with Crippen LogP contribution in [0.5, 0.6) is 0 Å². The van der Waals surface area contributed by atoms with Gasteiger partial charge in [0.25, 0.3) is 0 Å². The fourth-order valence-corrected chi connectivity index (χ4v) is 3.66. The molecule has 2 heteroatoms. The minimum Gasteiger partial charge on any atom is -0.316 e. The van der Waals surface area contributed by atoms with Gasteiger partial charge in [-0.15, -0.1) is 0 Å². The Morgan fingerprint density at radius 3 is 2.56 bits per heavy atom. The zero-order valence-electron chi connectivity index (χ0n) is 11.3. The zero-order chi connectivity index (χ0) is 11.6. The van der Waals surface area contributed by atoms with Crippen molar-refractivity contribution in [1.82, 2.24) is 10.2 Å². The molecule has 0 radical (unpaired) electrons. The van der Waals surface area contributed by atoms with Crippen LogP contribution in [0.1, 0.15) is 39.5 Å². The number of nitrogens with zero attached hydrogens (tertiary/aromatic N) is 1. The molecule has 0 aromatic rings. The maximum atomic E-state index is 3.61. The van der Waals surface area contributed by atoms with Crippen LogP contribution in [0.2, 0.25) is 0 Å². The van der Waals surface area contributed by atoms with Crippen LogP contribution in [0.3, 0.4) is 0 Å². The average Bonchev–Trinajstić information content (AvgIpc) is 2.25. The molecule has 0 amide bonds. The number of likely N-dealkylation sites (tertiary alicyclic amines) is 1. The van der Waals surface area contributed by atoms with Crippen LogP contribution in [0.25, 0.3) is 0 Å². The standard InChI is InChI=1S/C14H28N2/c1-12(2)10-13-11-15-7-4-14(13)5-8-16(3)9-6-14/h12-13,15H,4-11H2,1-3H3. The highest BCUT2D eigenvalue weighted by atomic mass is 15.1. The summed E-state index contributed by atoms with van der Waals surface area (Å²) in [7, 11) is 2.27. The molecule has 1 unspecified atom stereocenters. The summed E-state index contributed by atoms with van der Waals surface area (Å²) < 4.78 is 0. The van der Waals surface area contributed by atoms with Gasteiger partial charge in [0, 0.05) is 0 Å². The third kappa shape index (κ3) is 2.60. The molecule has 2 rings (SSSR count). The van der Waals surface area contributed by atoms with Gasteiger partial charge < -0.3 is 10.2 Å². The molecule has 0 bridgehead atoms. The average molecular weight is 224 g/mol. The molecule has 2 fully saturated rings. The Balaban J connectivity index is 2.02. The van der Waals surface area contributed by atoms with E-state index < -0.39 is 0 Å². The largest absolute Gasteiger partial charge is 0.316 e. The Hall–Kier alpha value is -0.0800. The normalized spacial score (nSPS) is 31.1. The number of hydrogen-bond acceptors (Lipinski definition) is 2. The van der Waals surface area contributed by atoms with Gasteiger partial charge in [-0.1, -0.05) is 13.8 Å². The van der Waals surface area contributed by atoms with E-state index in [1.807, 2.05) is 0 Å². The predicted octanol–water partition coefficient (Wildman–Crippen LogP) is 2.35. The second-order valence-electron chi connectivity index (χ2n) is 6.45. The fraction of sp³-hybridized carbons (Fsp3) is 1.00. The van der Waals surface area contributed by atoms with Crippen molar-refractivity contribution < 1.29 is 0 Å². The second kappa shape index (κ2) is 5.05. The summed E-state index contributed by atoms with van der Waals surface area (Å²) in [6.07, 6.45) is 5.69. The maximum Gasteiger partial charge on any atom is -0.00151 e. The van der Waals surface area contributed by atoms with E-state index in [9.17, 15) is 0 Å². The first-order valence-corrected chi connectivity index (χ1v) is 7.02. The van der Waals surface area contributed by atoms with Crippen LogP contribution < -0.4 is 5.32 Å². The third-order valence-electron chi connectivity index (χ3n) is 4.80. The number of rotatable bonds is 2. The van der Waals surface area contributed by atoms with Gasteiger partial charge in [0.2, 0.25) is 0 Å². The number of piperidine rings is 2. The van der Waals surface area contributed by atoms with E-state index in [2.05, 4.69) is 31.1 Å². The molecule has 2 nitrogen and oxygen atoms in total. The molecule has 2 saturated heterocycles. The summed E-state index contributed by atoms with van der Waals surface area (Å²) in [5.74, 6) is 1.77. The maximum absolute atomic E-state index is 3.61. The molecular weight excluding hydrogens is 196 g/mol. The minimum absolute atomic E-state index is 0.683. The van der Waals surface area contributed by atoms with Crippen molar-refractivity contribution in [3.8, 4) is 0 Å². The van der Waals surface area contributed by atoms with E-state index >= 15 is 0 Å². The molecule has 2 aliphatic heterocycles. The molecule has 2 aliphatic rings. The molecular formula is C14H28N2. The lowest BCUT2D eigenvalue weighted by molar-refractivity contribution is 0.0206. The molecule has 0 aliphatic carbocycles. The Morgan fingerprint density at radius 2 is 1.94 bits per heavy atom. The fourth-order valence-electron chi connectivity index (χ4n) is 3.66. The van der Waals surface area contributed by atoms with E-state index in [1.54, 1.807) is 0 Å². The Kier molecular flexibility index (Phi) is 3.91. The molecule has 1 N–H and O–H groups in total. The lowest BCUT2D eigenvalue weighted by Gasteiger charge is -2.49. The van der Waals surface area contributed by atoms with Crippen molar-refractivity contribution in [2.24, 2.45) is 17.3 Å². The van der Waals surface area contributed by atoms with Gasteiger partial charge in [-0.25, -0.2) is 0 Å². The van der Waals surface area contributed by atoms with Crippen molar-refractivity contribution >= 4 is 0 Å². The van der Waals surface area contributed by atoms with Crippen LogP contribution >= 0.6 is 0 Å². The van der Waals surface area contributed by atoms with Crippen LogP contribution in [-0.4, -0.2) is 38.1 Å². The first-order valence-electron chi connectivity index (χ1n) is 7.02. The summed E-state index contributed by atoms with van der Waals surface area (Å²) >= 11 is 0. The molecule has 1 atom stereocenters. The van der Waals surface area contributed by atoms with Crippen LogP contribution in [0, 0.1) is 17.3 Å². The molecule has 0 aromatic heterocycles. The number of hydrogen-bond donors (Lipinski definition) is 1. The van der Waals surface area contributed by atoms with Gasteiger partial charge >= 0.3 is 0 Å². The highest BCUT2D eigenvalue weighted by molar-refractivity contribution is 4.95. The summed E-state index contributed by atoms with van der Waals surface area (Å²) in [4.78, 5) is 2.50. The van der Waals surface area contributed by atoms with E-state index in [-0.39, 0.29) is 0 Å². The van der Waals surface area contributed by atoms with E-state index in [0.717, 1.165) is 11.8 Å². The molecule has 16 heavy (non-hydrogen) atoms. The SMILES string of the molecule is CC(C)CC1CNCCC12CCN(C)CC2. The molecule has 2 heterocycles. The van der Waals surface area contributed by atoms with Gasteiger partial charge in [-0.2, -0.15) is 0 Å². The Morgan fingerprint density at radius 1 is 1.25 bits per heavy atom. The van der Waals surface area contributed by atoms with Crippen LogP contribution in [-0.2, 0) is 0 Å². The molecule has 0 saturated carbocycles. The highest BCUT2D eigenvalue weighted by Crippen LogP contribution is 2.45. The van der Waals surface area contributed by atoms with Gasteiger partial charge in [0.05, 0.1) is 0 Å². The zero-order valence-corrected chi connectivity index (χ0v) is 11.3. The first-order chi connectivity index (χ1) is 7.62. The van der Waals surface area contributed by atoms with Gasteiger partial charge in [-0.3, -0.25) is 0 Å². The summed E-state index contributed by atoms with van der Waals surface area (Å²) in [6.45, 7) is 9.89. The third-order valence-corrected chi connectivity index (χ3v) is 4.80. The topological polar surface area (TPSA) is 15.3 Å². The lowest BCUT2D eigenvalue weighted by Crippen LogP contribution is -2.50. The van der Waals surface area contributed by atoms with Crippen molar-refractivity contribution in [2.75, 3.05) is 33.2 Å². The first kappa shape index (κ1) is 12.4. The molecule has 0 aromatic carbocycles. The van der Waals surface area contributed by atoms with Crippen LogP contribution in [0.4, 0.5) is 0 Å². The minimum atomic E-state index is 0.683. The second-order valence-corrected chi connectivity index (χ2v) is 6.45. The monoisotopic (exact) mass is 224 g/mol. The highest BCUT2D eigenvalue weighted by Gasteiger charge is 2.42. The van der Waals surface area contributed by atoms with E-state index in [0.29, 0.717) is 5.41 Å². The van der Waals surface area contributed by atoms with Crippen molar-refractivity contribution in [3.05, 3.63) is 0 Å². The van der Waals surface area contributed by atoms with E-state index in [1.165, 1.54) is 51.9 Å². The summed E-state index contributed by atoms with van der Waals surface area (Å²) in [5.41, 5.74) is 0.683.